The summed E-state index contributed by atoms with van der Waals surface area (Å²) in [5.41, 5.74) is 0. The molecule has 0 aliphatic carbocycles. The van der Waals surface area contributed by atoms with Crippen molar-refractivity contribution in [1.82, 2.24) is 5.32 Å². The van der Waals surface area contributed by atoms with E-state index < -0.39 is 0 Å². The van der Waals surface area contributed by atoms with Crippen LogP contribution in [0.1, 0.15) is 12.8 Å². The van der Waals surface area contributed by atoms with Gasteiger partial charge in [0.05, 0.1) is 11.6 Å². The van der Waals surface area contributed by atoms with Crippen LogP contribution < -0.4 is 10.1 Å². The number of ether oxygens (including phenoxy) is 2. The highest BCUT2D eigenvalue weighted by molar-refractivity contribution is 9.11. The van der Waals surface area contributed by atoms with E-state index in [0.717, 1.165) is 8.95 Å². The number of halogens is 2. The lowest BCUT2D eigenvalue weighted by Crippen LogP contribution is -2.30. The van der Waals surface area contributed by atoms with Crippen LogP contribution in [0.5, 0.6) is 5.75 Å². The first-order valence-electron chi connectivity index (χ1n) is 5.94. The molecule has 0 bridgehead atoms. The van der Waals surface area contributed by atoms with Crippen molar-refractivity contribution in [2.24, 2.45) is 0 Å². The summed E-state index contributed by atoms with van der Waals surface area (Å²) in [7, 11) is 1.34. The van der Waals surface area contributed by atoms with Gasteiger partial charge < -0.3 is 14.8 Å². The molecule has 20 heavy (non-hydrogen) atoms. The van der Waals surface area contributed by atoms with Gasteiger partial charge >= 0.3 is 5.97 Å². The molecule has 0 unspecified atom stereocenters. The maximum absolute atomic E-state index is 11.5. The van der Waals surface area contributed by atoms with Crippen molar-refractivity contribution in [2.45, 2.75) is 12.8 Å². The van der Waals surface area contributed by atoms with E-state index >= 15 is 0 Å². The van der Waals surface area contributed by atoms with Crippen molar-refractivity contribution in [3.63, 3.8) is 0 Å². The summed E-state index contributed by atoms with van der Waals surface area (Å²) < 4.78 is 11.6. The van der Waals surface area contributed by atoms with Gasteiger partial charge in [-0.25, -0.2) is 0 Å². The number of amides is 1. The van der Waals surface area contributed by atoms with Crippen molar-refractivity contribution in [2.75, 3.05) is 20.3 Å². The van der Waals surface area contributed by atoms with Crippen molar-refractivity contribution in [3.8, 4) is 5.75 Å². The zero-order chi connectivity index (χ0) is 15.0. The molecule has 110 valence electrons. The maximum atomic E-state index is 11.5. The van der Waals surface area contributed by atoms with E-state index in [0.29, 0.717) is 18.7 Å². The molecule has 0 aliphatic rings. The molecule has 0 spiro atoms. The smallest absolute Gasteiger partial charge is 0.305 e. The molecule has 5 nitrogen and oxygen atoms in total. The first-order chi connectivity index (χ1) is 9.52. The van der Waals surface area contributed by atoms with E-state index in [4.69, 9.17) is 4.74 Å². The normalized spacial score (nSPS) is 9.95. The van der Waals surface area contributed by atoms with Gasteiger partial charge in [0.15, 0.2) is 6.61 Å². The van der Waals surface area contributed by atoms with Gasteiger partial charge in [-0.3, -0.25) is 9.59 Å². The topological polar surface area (TPSA) is 64.6 Å². The number of nitrogens with one attached hydrogen (secondary N) is 1. The fraction of sp³-hybridized carbons (Fsp3) is 0.385. The van der Waals surface area contributed by atoms with Crippen LogP contribution in [-0.2, 0) is 14.3 Å². The lowest BCUT2D eigenvalue weighted by atomic mass is 10.3. The third kappa shape index (κ3) is 6.38. The fourth-order valence-electron chi connectivity index (χ4n) is 1.35. The molecular formula is C13H15Br2NO4. The molecule has 7 heteroatoms. The van der Waals surface area contributed by atoms with Gasteiger partial charge in [0.2, 0.25) is 0 Å². The van der Waals surface area contributed by atoms with Crippen LogP contribution in [0.3, 0.4) is 0 Å². The Balaban J connectivity index is 2.24. The summed E-state index contributed by atoms with van der Waals surface area (Å²) in [6, 6.07) is 5.43. The van der Waals surface area contributed by atoms with E-state index in [1.54, 1.807) is 6.07 Å². The average molecular weight is 409 g/mol. The summed E-state index contributed by atoms with van der Waals surface area (Å²) >= 11 is 6.68. The van der Waals surface area contributed by atoms with Gasteiger partial charge in [-0.2, -0.15) is 0 Å². The number of carbonyl (C=O) groups is 2. The molecule has 0 fully saturated rings. The molecular weight excluding hydrogens is 394 g/mol. The Morgan fingerprint density at radius 3 is 2.70 bits per heavy atom. The highest BCUT2D eigenvalue weighted by atomic mass is 79.9. The Morgan fingerprint density at radius 2 is 2.05 bits per heavy atom. The first kappa shape index (κ1) is 17.0. The van der Waals surface area contributed by atoms with E-state index in [1.807, 2.05) is 12.1 Å². The Kier molecular flexibility index (Phi) is 7.61. The van der Waals surface area contributed by atoms with Gasteiger partial charge in [0, 0.05) is 17.4 Å². The monoisotopic (exact) mass is 407 g/mol. The number of hydrogen-bond donors (Lipinski definition) is 1. The molecule has 1 rings (SSSR count). The molecule has 0 aliphatic heterocycles. The van der Waals surface area contributed by atoms with E-state index in [9.17, 15) is 9.59 Å². The highest BCUT2D eigenvalue weighted by Gasteiger charge is 2.06. The summed E-state index contributed by atoms with van der Waals surface area (Å²) in [6.45, 7) is 0.345. The van der Waals surface area contributed by atoms with E-state index in [1.165, 1.54) is 7.11 Å². The van der Waals surface area contributed by atoms with Crippen molar-refractivity contribution >= 4 is 43.7 Å². The van der Waals surface area contributed by atoms with Gasteiger partial charge in [-0.15, -0.1) is 0 Å². The van der Waals surface area contributed by atoms with Crippen LogP contribution >= 0.6 is 31.9 Å². The molecule has 0 heterocycles. The minimum Gasteiger partial charge on any atom is -0.483 e. The first-order valence-corrected chi connectivity index (χ1v) is 7.53. The number of benzene rings is 1. The third-order valence-electron chi connectivity index (χ3n) is 2.36. The van der Waals surface area contributed by atoms with Crippen LogP contribution in [0.4, 0.5) is 0 Å². The largest absolute Gasteiger partial charge is 0.483 e. The Morgan fingerprint density at radius 1 is 1.30 bits per heavy atom. The van der Waals surface area contributed by atoms with Gasteiger partial charge in [0.25, 0.3) is 5.91 Å². The number of rotatable bonds is 7. The SMILES string of the molecule is COC(=O)CCCNC(=O)COc1ccc(Br)cc1Br. The van der Waals surface area contributed by atoms with Gasteiger partial charge in [0.1, 0.15) is 5.75 Å². The number of methoxy groups -OCH3 is 1. The molecule has 0 radical (unpaired) electrons. The zero-order valence-electron chi connectivity index (χ0n) is 10.9. The summed E-state index contributed by atoms with van der Waals surface area (Å²) in [4.78, 5) is 22.4. The van der Waals surface area contributed by atoms with Gasteiger partial charge in [-0.1, -0.05) is 15.9 Å². The van der Waals surface area contributed by atoms with Crippen molar-refractivity contribution < 1.29 is 19.1 Å². The predicted octanol–water partition coefficient (Wildman–Crippen LogP) is 2.66. The van der Waals surface area contributed by atoms with E-state index in [2.05, 4.69) is 41.9 Å². The van der Waals surface area contributed by atoms with Crippen LogP contribution in [0, 0.1) is 0 Å². The average Bonchev–Trinajstić information content (AvgIpc) is 2.42. The number of esters is 1. The molecule has 0 saturated heterocycles. The van der Waals surface area contributed by atoms with Crippen LogP contribution in [0.2, 0.25) is 0 Å². The lowest BCUT2D eigenvalue weighted by Gasteiger charge is -2.09. The Bertz CT molecular complexity index is 479. The molecule has 0 atom stereocenters. The molecule has 1 aromatic rings. The minimum atomic E-state index is -0.283. The summed E-state index contributed by atoms with van der Waals surface area (Å²) in [6.07, 6.45) is 0.830. The predicted molar refractivity (Wildman–Crippen MR) is 81.6 cm³/mol. The van der Waals surface area contributed by atoms with E-state index in [-0.39, 0.29) is 24.9 Å². The Labute approximate surface area is 134 Å². The van der Waals surface area contributed by atoms with Crippen LogP contribution in [0.15, 0.2) is 27.1 Å². The second kappa shape index (κ2) is 8.97. The zero-order valence-corrected chi connectivity index (χ0v) is 14.1. The quantitative estimate of drug-likeness (QED) is 0.556. The maximum Gasteiger partial charge on any atom is 0.305 e. The second-order valence-corrected chi connectivity index (χ2v) is 5.66. The highest BCUT2D eigenvalue weighted by Crippen LogP contribution is 2.27. The van der Waals surface area contributed by atoms with Crippen molar-refractivity contribution in [1.29, 1.82) is 0 Å². The second-order valence-electron chi connectivity index (χ2n) is 3.89. The minimum absolute atomic E-state index is 0.0710. The molecule has 1 aromatic carbocycles. The number of carbonyl (C=O) groups excluding carboxylic acids is 2. The molecule has 0 aromatic heterocycles. The standard InChI is InChI=1S/C13H15Br2NO4/c1-19-13(18)3-2-6-16-12(17)8-20-11-5-4-9(14)7-10(11)15/h4-5,7H,2-3,6,8H2,1H3,(H,16,17). The molecule has 1 amide bonds. The summed E-state index contributed by atoms with van der Waals surface area (Å²) in [5.74, 6) is 0.0805. The number of hydrogen-bond acceptors (Lipinski definition) is 4. The molecule has 1 N–H and O–H groups in total. The molecule has 0 saturated carbocycles. The fourth-order valence-corrected chi connectivity index (χ4v) is 2.51. The van der Waals surface area contributed by atoms with Crippen LogP contribution in [-0.4, -0.2) is 32.1 Å². The third-order valence-corrected chi connectivity index (χ3v) is 3.47. The lowest BCUT2D eigenvalue weighted by molar-refractivity contribution is -0.140. The van der Waals surface area contributed by atoms with Crippen molar-refractivity contribution in [3.05, 3.63) is 27.1 Å². The summed E-state index contributed by atoms with van der Waals surface area (Å²) in [5, 5.41) is 2.67. The van der Waals surface area contributed by atoms with Gasteiger partial charge in [-0.05, 0) is 40.5 Å². The Hall–Kier alpha value is -1.08. The van der Waals surface area contributed by atoms with Crippen LogP contribution in [0.25, 0.3) is 0 Å².